The van der Waals surface area contributed by atoms with Crippen LogP contribution >= 0.6 is 0 Å². The van der Waals surface area contributed by atoms with Gasteiger partial charge in [-0.25, -0.2) is 0 Å². The molecule has 2 rings (SSSR count). The van der Waals surface area contributed by atoms with Gasteiger partial charge in [-0.15, -0.1) is 0 Å². The molecule has 1 aliphatic heterocycles. The molecule has 0 aromatic rings. The van der Waals surface area contributed by atoms with Crippen molar-refractivity contribution in [3.05, 3.63) is 0 Å². The molecule has 11 heavy (non-hydrogen) atoms. The molecule has 2 nitrogen and oxygen atoms in total. The Hall–Kier alpha value is -0.530. The van der Waals surface area contributed by atoms with Gasteiger partial charge in [0.25, 0.3) is 0 Å². The second-order valence-electron chi connectivity index (χ2n) is 3.68. The average molecular weight is 153 g/mol. The summed E-state index contributed by atoms with van der Waals surface area (Å²) in [7, 11) is 0. The summed E-state index contributed by atoms with van der Waals surface area (Å²) < 4.78 is 0. The lowest BCUT2D eigenvalue weighted by atomic mass is 9.92. The highest BCUT2D eigenvalue weighted by Gasteiger charge is 2.35. The molecular formula is C9H15NO. The van der Waals surface area contributed by atoms with Gasteiger partial charge in [0.2, 0.25) is 0 Å². The number of oxime groups is 1. The Balaban J connectivity index is 1.99. The maximum absolute atomic E-state index is 5.43. The molecule has 0 aromatic heterocycles. The van der Waals surface area contributed by atoms with E-state index in [1.54, 1.807) is 0 Å². The van der Waals surface area contributed by atoms with Crippen molar-refractivity contribution >= 4 is 6.21 Å². The van der Waals surface area contributed by atoms with E-state index in [0.717, 1.165) is 6.42 Å². The summed E-state index contributed by atoms with van der Waals surface area (Å²) in [4.78, 5) is 5.43. The van der Waals surface area contributed by atoms with Gasteiger partial charge in [0, 0.05) is 12.6 Å². The van der Waals surface area contributed by atoms with E-state index in [0.29, 0.717) is 0 Å². The predicted molar refractivity (Wildman–Crippen MR) is 44.6 cm³/mol. The van der Waals surface area contributed by atoms with Gasteiger partial charge in [-0.05, 0) is 25.7 Å². The lowest BCUT2D eigenvalue weighted by Crippen LogP contribution is -2.26. The van der Waals surface area contributed by atoms with Crippen molar-refractivity contribution < 1.29 is 4.84 Å². The van der Waals surface area contributed by atoms with Crippen molar-refractivity contribution in [2.75, 3.05) is 0 Å². The Kier molecular flexibility index (Phi) is 1.84. The molecule has 2 aliphatic rings. The molecule has 0 amide bonds. The largest absolute Gasteiger partial charge is 0.389 e. The van der Waals surface area contributed by atoms with Crippen molar-refractivity contribution in [1.29, 1.82) is 0 Å². The minimum Gasteiger partial charge on any atom is -0.389 e. The third kappa shape index (κ3) is 1.39. The number of hydrogen-bond donors (Lipinski definition) is 0. The molecule has 1 fully saturated rings. The number of hydrogen-bond acceptors (Lipinski definition) is 2. The molecule has 0 atom stereocenters. The van der Waals surface area contributed by atoms with Gasteiger partial charge < -0.3 is 4.84 Å². The van der Waals surface area contributed by atoms with Gasteiger partial charge in [0.05, 0.1) is 0 Å². The van der Waals surface area contributed by atoms with Crippen LogP contribution in [0.3, 0.4) is 0 Å². The highest BCUT2D eigenvalue weighted by Crippen LogP contribution is 2.35. The maximum atomic E-state index is 5.43. The predicted octanol–water partition coefficient (Wildman–Crippen LogP) is 2.49. The zero-order valence-corrected chi connectivity index (χ0v) is 6.88. The molecule has 1 aliphatic carbocycles. The molecule has 1 saturated carbocycles. The molecule has 0 aromatic carbocycles. The van der Waals surface area contributed by atoms with Crippen LogP contribution in [0.1, 0.15) is 44.9 Å². The molecular weight excluding hydrogens is 138 g/mol. The Labute approximate surface area is 67.6 Å². The number of rotatable bonds is 0. The van der Waals surface area contributed by atoms with E-state index in [1.807, 2.05) is 6.21 Å². The zero-order chi connectivity index (χ0) is 7.57. The fraction of sp³-hybridized carbons (Fsp3) is 0.889. The lowest BCUT2D eigenvalue weighted by molar-refractivity contribution is -0.0298. The van der Waals surface area contributed by atoms with Crippen LogP contribution < -0.4 is 0 Å². The highest BCUT2D eigenvalue weighted by molar-refractivity contribution is 5.59. The van der Waals surface area contributed by atoms with Crippen molar-refractivity contribution in [2.45, 2.75) is 50.5 Å². The van der Waals surface area contributed by atoms with E-state index < -0.39 is 0 Å². The average Bonchev–Trinajstić information content (AvgIpc) is 2.32. The van der Waals surface area contributed by atoms with Crippen LogP contribution in [0.25, 0.3) is 0 Å². The topological polar surface area (TPSA) is 21.6 Å². The first-order valence-electron chi connectivity index (χ1n) is 4.61. The quantitative estimate of drug-likeness (QED) is 0.524. The summed E-state index contributed by atoms with van der Waals surface area (Å²) in [6.07, 6.45) is 10.8. The molecule has 0 radical (unpaired) electrons. The summed E-state index contributed by atoms with van der Waals surface area (Å²) in [5, 5.41) is 3.88. The second kappa shape index (κ2) is 2.84. The third-order valence-electron chi connectivity index (χ3n) is 2.80. The Morgan fingerprint density at radius 2 is 1.82 bits per heavy atom. The molecule has 62 valence electrons. The second-order valence-corrected chi connectivity index (χ2v) is 3.68. The minimum atomic E-state index is 0.135. The smallest absolute Gasteiger partial charge is 0.142 e. The SMILES string of the molecule is C1=NOC2(C1)CCCCCC2. The van der Waals surface area contributed by atoms with Gasteiger partial charge in [-0.1, -0.05) is 18.0 Å². The van der Waals surface area contributed by atoms with Gasteiger partial charge in [0.1, 0.15) is 5.60 Å². The third-order valence-corrected chi connectivity index (χ3v) is 2.80. The number of nitrogens with zero attached hydrogens (tertiary/aromatic N) is 1. The first kappa shape index (κ1) is 7.14. The fourth-order valence-electron chi connectivity index (χ4n) is 2.06. The Bertz CT molecular complexity index is 147. The van der Waals surface area contributed by atoms with E-state index in [9.17, 15) is 0 Å². The van der Waals surface area contributed by atoms with Gasteiger partial charge in [0.15, 0.2) is 0 Å². The standard InChI is InChI=1S/C9H15NO/c1-2-4-6-9(5-3-1)7-8-10-11-9/h8H,1-7H2. The van der Waals surface area contributed by atoms with Crippen LogP contribution in [0.15, 0.2) is 5.16 Å². The Morgan fingerprint density at radius 3 is 2.36 bits per heavy atom. The summed E-state index contributed by atoms with van der Waals surface area (Å²) in [6, 6.07) is 0. The van der Waals surface area contributed by atoms with Crippen LogP contribution in [-0.4, -0.2) is 11.8 Å². The lowest BCUT2D eigenvalue weighted by Gasteiger charge is -2.23. The fourth-order valence-corrected chi connectivity index (χ4v) is 2.06. The molecule has 0 bridgehead atoms. The monoisotopic (exact) mass is 153 g/mol. The first-order chi connectivity index (χ1) is 5.41. The molecule has 1 spiro atoms. The van der Waals surface area contributed by atoms with Gasteiger partial charge >= 0.3 is 0 Å². The normalized spacial score (nSPS) is 28.4. The van der Waals surface area contributed by atoms with Crippen LogP contribution in [0.4, 0.5) is 0 Å². The first-order valence-corrected chi connectivity index (χ1v) is 4.61. The van der Waals surface area contributed by atoms with Crippen LogP contribution in [0.2, 0.25) is 0 Å². The van der Waals surface area contributed by atoms with E-state index in [2.05, 4.69) is 5.16 Å². The summed E-state index contributed by atoms with van der Waals surface area (Å²) in [5.41, 5.74) is 0.135. The van der Waals surface area contributed by atoms with E-state index in [1.165, 1.54) is 38.5 Å². The van der Waals surface area contributed by atoms with Crippen molar-refractivity contribution in [3.63, 3.8) is 0 Å². The molecule has 2 heteroatoms. The van der Waals surface area contributed by atoms with E-state index in [-0.39, 0.29) is 5.60 Å². The zero-order valence-electron chi connectivity index (χ0n) is 6.88. The molecule has 0 saturated heterocycles. The van der Waals surface area contributed by atoms with Crippen molar-refractivity contribution in [2.24, 2.45) is 5.16 Å². The van der Waals surface area contributed by atoms with Crippen LogP contribution in [0.5, 0.6) is 0 Å². The Morgan fingerprint density at radius 1 is 1.09 bits per heavy atom. The summed E-state index contributed by atoms with van der Waals surface area (Å²) >= 11 is 0. The van der Waals surface area contributed by atoms with Gasteiger partial charge in [-0.3, -0.25) is 0 Å². The van der Waals surface area contributed by atoms with E-state index >= 15 is 0 Å². The van der Waals surface area contributed by atoms with Crippen LogP contribution in [0, 0.1) is 0 Å². The summed E-state index contributed by atoms with van der Waals surface area (Å²) in [5.74, 6) is 0. The molecule has 0 unspecified atom stereocenters. The molecule has 1 heterocycles. The summed E-state index contributed by atoms with van der Waals surface area (Å²) in [6.45, 7) is 0. The molecule has 0 N–H and O–H groups in total. The minimum absolute atomic E-state index is 0.135. The van der Waals surface area contributed by atoms with Crippen molar-refractivity contribution in [3.8, 4) is 0 Å². The highest BCUT2D eigenvalue weighted by atomic mass is 16.7. The maximum Gasteiger partial charge on any atom is 0.142 e. The van der Waals surface area contributed by atoms with Crippen molar-refractivity contribution in [1.82, 2.24) is 0 Å². The van der Waals surface area contributed by atoms with Gasteiger partial charge in [-0.2, -0.15) is 0 Å². The van der Waals surface area contributed by atoms with E-state index in [4.69, 9.17) is 4.84 Å². The van der Waals surface area contributed by atoms with Crippen LogP contribution in [-0.2, 0) is 4.84 Å².